The van der Waals surface area contributed by atoms with E-state index in [0.717, 1.165) is 28.2 Å². The highest BCUT2D eigenvalue weighted by Crippen LogP contribution is 2.36. The second kappa shape index (κ2) is 7.25. The lowest BCUT2D eigenvalue weighted by molar-refractivity contribution is -0.310. The number of carboxylic acids is 1. The van der Waals surface area contributed by atoms with Gasteiger partial charge in [0.15, 0.2) is 0 Å². The summed E-state index contributed by atoms with van der Waals surface area (Å²) >= 11 is 6.43. The first-order valence-electron chi connectivity index (χ1n) is 8.31. The van der Waals surface area contributed by atoms with Gasteiger partial charge in [-0.25, -0.2) is 0 Å². The summed E-state index contributed by atoms with van der Waals surface area (Å²) in [5, 5.41) is 12.6. The number of carbonyl (C=O) groups is 2. The number of amides is 1. The summed E-state index contributed by atoms with van der Waals surface area (Å²) in [6.07, 6.45) is 4.03. The van der Waals surface area contributed by atoms with Crippen LogP contribution in [0, 0.1) is 5.92 Å². The zero-order valence-corrected chi connectivity index (χ0v) is 16.4. The molecule has 1 fully saturated rings. The maximum Gasteiger partial charge on any atom is 0.266 e. The monoisotopic (exact) mass is 387 g/mol. The molecule has 2 aromatic rings. The van der Waals surface area contributed by atoms with Gasteiger partial charge in [0.25, 0.3) is 5.91 Å². The number of aliphatic carboxylic acids is 1. The summed E-state index contributed by atoms with van der Waals surface area (Å²) in [7, 11) is 1.94. The van der Waals surface area contributed by atoms with Gasteiger partial charge < -0.3 is 14.5 Å². The molecule has 0 bridgehead atoms. The number of fused-ring (bicyclic) bond motifs is 1. The highest BCUT2D eigenvalue weighted by Gasteiger charge is 2.38. The molecule has 2 heterocycles. The number of nitrogens with zero attached hydrogens (tertiary/aromatic N) is 2. The quantitative estimate of drug-likeness (QED) is 0.583. The van der Waals surface area contributed by atoms with E-state index in [-0.39, 0.29) is 16.1 Å². The molecule has 136 valence electrons. The largest absolute Gasteiger partial charge is 0.548 e. The molecule has 26 heavy (non-hydrogen) atoms. The normalized spacial score (nSPS) is 17.7. The number of carboxylic acid groups (broad SMARTS) is 1. The lowest BCUT2D eigenvalue weighted by Gasteiger charge is -2.28. The molecule has 5 nitrogen and oxygen atoms in total. The molecule has 1 aromatic heterocycles. The number of thioether (sulfide) groups is 1. The van der Waals surface area contributed by atoms with E-state index in [4.69, 9.17) is 12.2 Å². The summed E-state index contributed by atoms with van der Waals surface area (Å²) in [5.41, 5.74) is 1.96. The fourth-order valence-electron chi connectivity index (χ4n) is 3.13. The van der Waals surface area contributed by atoms with E-state index in [1.165, 1.54) is 4.90 Å². The number of thiocarbonyl (C=S) groups is 1. The number of carbonyl (C=O) groups excluding carboxylic acids is 2. The molecule has 0 unspecified atom stereocenters. The van der Waals surface area contributed by atoms with Crippen LogP contribution in [0.15, 0.2) is 35.4 Å². The number of aromatic nitrogens is 1. The van der Waals surface area contributed by atoms with E-state index in [9.17, 15) is 14.7 Å². The first-order chi connectivity index (χ1) is 12.3. The number of para-hydroxylation sites is 1. The molecular weight excluding hydrogens is 368 g/mol. The van der Waals surface area contributed by atoms with Crippen LogP contribution >= 0.6 is 24.0 Å². The van der Waals surface area contributed by atoms with E-state index in [1.54, 1.807) is 6.08 Å². The van der Waals surface area contributed by atoms with Crippen LogP contribution in [0.3, 0.4) is 0 Å². The number of hydrogen-bond acceptors (Lipinski definition) is 5. The predicted molar refractivity (Wildman–Crippen MR) is 106 cm³/mol. The Hall–Kier alpha value is -2.12. The van der Waals surface area contributed by atoms with E-state index in [1.807, 2.05) is 55.9 Å². The molecule has 0 radical (unpaired) electrons. The summed E-state index contributed by atoms with van der Waals surface area (Å²) < 4.78 is 2.25. The molecule has 0 aliphatic carbocycles. The second-order valence-corrected chi connectivity index (χ2v) is 8.40. The van der Waals surface area contributed by atoms with E-state index in [2.05, 4.69) is 0 Å². The minimum Gasteiger partial charge on any atom is -0.548 e. The van der Waals surface area contributed by atoms with Gasteiger partial charge in [0, 0.05) is 29.7 Å². The van der Waals surface area contributed by atoms with Crippen molar-refractivity contribution in [3.8, 4) is 0 Å². The summed E-state index contributed by atoms with van der Waals surface area (Å²) in [6.45, 7) is 3.80. The average Bonchev–Trinajstić information content (AvgIpc) is 3.03. The van der Waals surface area contributed by atoms with Crippen molar-refractivity contribution in [1.29, 1.82) is 0 Å². The van der Waals surface area contributed by atoms with Crippen molar-refractivity contribution in [1.82, 2.24) is 9.47 Å². The van der Waals surface area contributed by atoms with Crippen molar-refractivity contribution in [2.75, 3.05) is 0 Å². The predicted octanol–water partition coefficient (Wildman–Crippen LogP) is 2.54. The molecule has 1 amide bonds. The van der Waals surface area contributed by atoms with E-state index >= 15 is 0 Å². The van der Waals surface area contributed by atoms with Crippen LogP contribution in [0.25, 0.3) is 17.0 Å². The molecule has 3 rings (SSSR count). The van der Waals surface area contributed by atoms with Crippen LogP contribution in [0.4, 0.5) is 0 Å². The third-order valence-electron chi connectivity index (χ3n) is 4.32. The van der Waals surface area contributed by atoms with Crippen LogP contribution in [-0.2, 0) is 16.6 Å². The van der Waals surface area contributed by atoms with Gasteiger partial charge in [0.2, 0.25) is 0 Å². The van der Waals surface area contributed by atoms with Crippen molar-refractivity contribution in [3.05, 3.63) is 40.9 Å². The summed E-state index contributed by atoms with van der Waals surface area (Å²) in [4.78, 5) is 26.0. The van der Waals surface area contributed by atoms with Crippen molar-refractivity contribution in [3.63, 3.8) is 0 Å². The fourth-order valence-corrected chi connectivity index (χ4v) is 4.48. The second-order valence-electron chi connectivity index (χ2n) is 6.73. The van der Waals surface area contributed by atoms with Gasteiger partial charge in [-0.3, -0.25) is 9.69 Å². The van der Waals surface area contributed by atoms with Crippen molar-refractivity contribution in [2.45, 2.75) is 26.3 Å². The molecule has 1 aromatic carbocycles. The molecular formula is C19H19N2O3S2-. The Morgan fingerprint density at radius 1 is 1.35 bits per heavy atom. The fraction of sp³-hybridized carbons (Fsp3) is 0.316. The molecule has 1 saturated heterocycles. The number of aryl methyl sites for hydroxylation is 1. The molecule has 1 aliphatic heterocycles. The topological polar surface area (TPSA) is 65.4 Å². The maximum absolute atomic E-state index is 12.8. The Labute approximate surface area is 161 Å². The van der Waals surface area contributed by atoms with Crippen LogP contribution in [0.1, 0.15) is 25.8 Å². The van der Waals surface area contributed by atoms with Gasteiger partial charge in [-0.15, -0.1) is 0 Å². The standard InChI is InChI=1S/C19H20N2O3S2/c1-11(2)8-15(18(23)24)21-17(22)16(26-19(21)25)9-12-10-20(3)14-7-5-4-6-13(12)14/h4-7,9-11,15H,8H2,1-3H3,(H,23,24)/p-1/b16-9-/t15-/m1/s1. The van der Waals surface area contributed by atoms with Crippen LogP contribution < -0.4 is 5.11 Å². The van der Waals surface area contributed by atoms with Crippen LogP contribution in [-0.4, -0.2) is 31.7 Å². The third kappa shape index (κ3) is 3.41. The van der Waals surface area contributed by atoms with Gasteiger partial charge in [0.05, 0.1) is 16.9 Å². The smallest absolute Gasteiger partial charge is 0.266 e. The molecule has 7 heteroatoms. The molecule has 0 spiro atoms. The zero-order chi connectivity index (χ0) is 19.0. The van der Waals surface area contributed by atoms with Crippen LogP contribution in [0.2, 0.25) is 0 Å². The van der Waals surface area contributed by atoms with Gasteiger partial charge in [-0.1, -0.05) is 56.0 Å². The first kappa shape index (κ1) is 18.7. The SMILES string of the molecule is CC(C)C[C@H](C(=O)[O-])N1C(=O)/C(=C/c2cn(C)c3ccccc23)SC1=S. The Morgan fingerprint density at radius 3 is 2.69 bits per heavy atom. The first-order valence-corrected chi connectivity index (χ1v) is 9.54. The summed E-state index contributed by atoms with van der Waals surface area (Å²) in [6, 6.07) is 6.86. The molecule has 1 aliphatic rings. The Balaban J connectivity index is 1.97. The van der Waals surface area contributed by atoms with E-state index in [0.29, 0.717) is 11.3 Å². The number of hydrogen-bond donors (Lipinski definition) is 0. The lowest BCUT2D eigenvalue weighted by Crippen LogP contribution is -2.50. The zero-order valence-electron chi connectivity index (χ0n) is 14.8. The average molecular weight is 388 g/mol. The van der Waals surface area contributed by atoms with Crippen molar-refractivity contribution >= 4 is 57.2 Å². The minimum atomic E-state index is -1.28. The molecule has 0 saturated carbocycles. The van der Waals surface area contributed by atoms with Crippen molar-refractivity contribution < 1.29 is 14.7 Å². The lowest BCUT2D eigenvalue weighted by atomic mass is 10.0. The molecule has 0 N–H and O–H groups in total. The van der Waals surface area contributed by atoms with Gasteiger partial charge in [0.1, 0.15) is 4.32 Å². The highest BCUT2D eigenvalue weighted by atomic mass is 32.2. The summed E-state index contributed by atoms with van der Waals surface area (Å²) in [5.74, 6) is -1.55. The third-order valence-corrected chi connectivity index (χ3v) is 5.65. The molecule has 1 atom stereocenters. The number of benzene rings is 1. The van der Waals surface area contributed by atoms with Gasteiger partial charge in [-0.2, -0.15) is 0 Å². The van der Waals surface area contributed by atoms with Gasteiger partial charge in [-0.05, 0) is 24.5 Å². The van der Waals surface area contributed by atoms with E-state index < -0.39 is 12.0 Å². The van der Waals surface area contributed by atoms with Gasteiger partial charge >= 0.3 is 0 Å². The maximum atomic E-state index is 12.8. The number of rotatable bonds is 5. The Bertz CT molecular complexity index is 930. The highest BCUT2D eigenvalue weighted by molar-refractivity contribution is 8.26. The minimum absolute atomic E-state index is 0.101. The Morgan fingerprint density at radius 2 is 2.04 bits per heavy atom. The van der Waals surface area contributed by atoms with Crippen LogP contribution in [0.5, 0.6) is 0 Å². The Kier molecular flexibility index (Phi) is 5.20. The van der Waals surface area contributed by atoms with Crippen molar-refractivity contribution in [2.24, 2.45) is 13.0 Å².